The van der Waals surface area contributed by atoms with Gasteiger partial charge in [-0.05, 0) is 37.3 Å². The molecule has 0 unspecified atom stereocenters. The highest BCUT2D eigenvalue weighted by molar-refractivity contribution is 5.79. The summed E-state index contributed by atoms with van der Waals surface area (Å²) in [6, 6.07) is 9.69. The largest absolute Gasteiger partial charge is 0.467 e. The molecule has 0 aliphatic heterocycles. The van der Waals surface area contributed by atoms with E-state index < -0.39 is 0 Å². The molecule has 0 spiro atoms. The van der Waals surface area contributed by atoms with E-state index in [-0.39, 0.29) is 6.01 Å². The summed E-state index contributed by atoms with van der Waals surface area (Å²) in [6.45, 7) is 2.79. The van der Waals surface area contributed by atoms with Crippen LogP contribution in [0.3, 0.4) is 0 Å². The fourth-order valence-corrected chi connectivity index (χ4v) is 2.41. The van der Waals surface area contributed by atoms with Crippen LogP contribution in [0, 0.1) is 0 Å². The summed E-state index contributed by atoms with van der Waals surface area (Å²) in [7, 11) is 0. The number of nitrogens with one attached hydrogen (secondary N) is 3. The minimum Gasteiger partial charge on any atom is -0.467 e. The van der Waals surface area contributed by atoms with Gasteiger partial charge in [0.15, 0.2) is 0 Å². The number of furan rings is 1. The Hall–Kier alpha value is -3.62. The average molecular weight is 351 g/mol. The van der Waals surface area contributed by atoms with Crippen LogP contribution in [0.5, 0.6) is 6.01 Å². The predicted molar refractivity (Wildman–Crippen MR) is 96.4 cm³/mol. The molecule has 4 aromatic rings. The van der Waals surface area contributed by atoms with Crippen LogP contribution in [0.2, 0.25) is 0 Å². The lowest BCUT2D eigenvalue weighted by Gasteiger charge is -2.10. The van der Waals surface area contributed by atoms with Crippen molar-refractivity contribution < 1.29 is 9.15 Å². The van der Waals surface area contributed by atoms with Crippen LogP contribution < -0.4 is 15.4 Å². The highest BCUT2D eigenvalue weighted by Crippen LogP contribution is 2.20. The molecule has 132 valence electrons. The van der Waals surface area contributed by atoms with Crippen molar-refractivity contribution in [3.05, 3.63) is 48.7 Å². The SMILES string of the molecule is CCOc1nc(NCc2ccco2)nc(Nc2ccc3nc[nH]c3c2)n1. The molecule has 9 heteroatoms. The maximum absolute atomic E-state index is 5.44. The molecule has 3 N–H and O–H groups in total. The van der Waals surface area contributed by atoms with Gasteiger partial charge in [0.1, 0.15) is 5.76 Å². The third-order valence-electron chi connectivity index (χ3n) is 3.57. The van der Waals surface area contributed by atoms with Gasteiger partial charge in [0.05, 0.1) is 36.8 Å². The molecule has 3 aromatic heterocycles. The number of aromatic amines is 1. The van der Waals surface area contributed by atoms with Gasteiger partial charge in [-0.1, -0.05) is 0 Å². The first kappa shape index (κ1) is 15.9. The molecule has 4 rings (SSSR count). The van der Waals surface area contributed by atoms with Gasteiger partial charge in [-0.15, -0.1) is 0 Å². The van der Waals surface area contributed by atoms with Crippen molar-refractivity contribution in [1.82, 2.24) is 24.9 Å². The summed E-state index contributed by atoms with van der Waals surface area (Å²) in [5, 5.41) is 6.27. The monoisotopic (exact) mass is 351 g/mol. The van der Waals surface area contributed by atoms with Crippen LogP contribution in [-0.4, -0.2) is 31.5 Å². The average Bonchev–Trinajstić information content (AvgIpc) is 3.31. The van der Waals surface area contributed by atoms with Crippen LogP contribution in [0.25, 0.3) is 11.0 Å². The highest BCUT2D eigenvalue weighted by atomic mass is 16.5. The Balaban J connectivity index is 1.56. The van der Waals surface area contributed by atoms with Gasteiger partial charge >= 0.3 is 6.01 Å². The van der Waals surface area contributed by atoms with Gasteiger partial charge < -0.3 is 24.8 Å². The number of nitrogens with zero attached hydrogens (tertiary/aromatic N) is 4. The Morgan fingerprint density at radius 1 is 1.15 bits per heavy atom. The van der Waals surface area contributed by atoms with Crippen LogP contribution in [0.15, 0.2) is 47.3 Å². The van der Waals surface area contributed by atoms with Crippen molar-refractivity contribution >= 4 is 28.6 Å². The molecule has 9 nitrogen and oxygen atoms in total. The highest BCUT2D eigenvalue weighted by Gasteiger charge is 2.09. The minimum atomic E-state index is 0.245. The summed E-state index contributed by atoms with van der Waals surface area (Å²) >= 11 is 0. The zero-order valence-electron chi connectivity index (χ0n) is 14.1. The van der Waals surface area contributed by atoms with Gasteiger partial charge in [0, 0.05) is 5.69 Å². The summed E-state index contributed by atoms with van der Waals surface area (Å²) in [6.07, 6.45) is 3.27. The maximum atomic E-state index is 5.44. The number of aromatic nitrogens is 5. The predicted octanol–water partition coefficient (Wildman–Crippen LogP) is 3.10. The summed E-state index contributed by atoms with van der Waals surface area (Å²) < 4.78 is 10.7. The van der Waals surface area contributed by atoms with E-state index in [2.05, 4.69) is 35.6 Å². The van der Waals surface area contributed by atoms with Gasteiger partial charge in [-0.2, -0.15) is 15.0 Å². The van der Waals surface area contributed by atoms with Crippen molar-refractivity contribution in [3.63, 3.8) is 0 Å². The molecular weight excluding hydrogens is 334 g/mol. The number of benzene rings is 1. The van der Waals surface area contributed by atoms with Crippen LogP contribution in [-0.2, 0) is 6.54 Å². The zero-order valence-corrected chi connectivity index (χ0v) is 14.1. The van der Waals surface area contributed by atoms with Crippen molar-refractivity contribution in [1.29, 1.82) is 0 Å². The maximum Gasteiger partial charge on any atom is 0.323 e. The standard InChI is InChI=1S/C17H17N7O2/c1-2-25-17-23-15(18-9-12-4-3-7-26-12)22-16(24-17)21-11-5-6-13-14(8-11)20-10-19-13/h3-8,10H,2,9H2,1H3,(H,19,20)(H2,18,21,22,23,24). The number of H-pyrrole nitrogens is 1. The van der Waals surface area contributed by atoms with E-state index in [1.807, 2.05) is 37.3 Å². The molecule has 26 heavy (non-hydrogen) atoms. The first-order valence-corrected chi connectivity index (χ1v) is 8.15. The van der Waals surface area contributed by atoms with Crippen molar-refractivity contribution in [3.8, 4) is 6.01 Å². The first-order chi connectivity index (χ1) is 12.8. The Morgan fingerprint density at radius 2 is 2.08 bits per heavy atom. The quantitative estimate of drug-likeness (QED) is 0.465. The van der Waals surface area contributed by atoms with Crippen LogP contribution in [0.4, 0.5) is 17.6 Å². The molecule has 0 amide bonds. The van der Waals surface area contributed by atoms with Crippen molar-refractivity contribution in [2.45, 2.75) is 13.5 Å². The Bertz CT molecular complexity index is 997. The van der Waals surface area contributed by atoms with Gasteiger partial charge in [-0.25, -0.2) is 4.98 Å². The van der Waals surface area contributed by atoms with E-state index in [1.54, 1.807) is 12.6 Å². The molecule has 0 radical (unpaired) electrons. The third-order valence-corrected chi connectivity index (χ3v) is 3.57. The van der Waals surface area contributed by atoms with E-state index in [1.165, 1.54) is 0 Å². The molecule has 1 aromatic carbocycles. The Morgan fingerprint density at radius 3 is 2.92 bits per heavy atom. The van der Waals surface area contributed by atoms with Crippen LogP contribution in [0.1, 0.15) is 12.7 Å². The van der Waals surface area contributed by atoms with E-state index >= 15 is 0 Å². The minimum absolute atomic E-state index is 0.245. The molecule has 0 bridgehead atoms. The zero-order chi connectivity index (χ0) is 17.8. The van der Waals surface area contributed by atoms with Crippen molar-refractivity contribution in [2.75, 3.05) is 17.2 Å². The van der Waals surface area contributed by atoms with E-state index in [9.17, 15) is 0 Å². The van der Waals surface area contributed by atoms with Crippen LogP contribution >= 0.6 is 0 Å². The normalized spacial score (nSPS) is 10.8. The molecule has 0 aliphatic carbocycles. The number of fused-ring (bicyclic) bond motifs is 1. The molecule has 0 atom stereocenters. The number of imidazole rings is 1. The summed E-state index contributed by atoms with van der Waals surface area (Å²) in [5.41, 5.74) is 2.64. The third kappa shape index (κ3) is 3.56. The number of ether oxygens (including phenoxy) is 1. The molecular formula is C17H17N7O2. The second kappa shape index (κ2) is 7.09. The topological polar surface area (TPSA) is 114 Å². The first-order valence-electron chi connectivity index (χ1n) is 8.15. The van der Waals surface area contributed by atoms with Gasteiger partial charge in [-0.3, -0.25) is 0 Å². The second-order valence-electron chi connectivity index (χ2n) is 5.39. The molecule has 0 saturated heterocycles. The fourth-order valence-electron chi connectivity index (χ4n) is 2.41. The lowest BCUT2D eigenvalue weighted by atomic mass is 10.3. The lowest BCUT2D eigenvalue weighted by Crippen LogP contribution is -2.09. The fraction of sp³-hybridized carbons (Fsp3) is 0.176. The van der Waals surface area contributed by atoms with E-state index in [4.69, 9.17) is 9.15 Å². The Labute approximate surface area is 148 Å². The number of hydrogen-bond acceptors (Lipinski definition) is 8. The van der Waals surface area contributed by atoms with Crippen molar-refractivity contribution in [2.24, 2.45) is 0 Å². The smallest absolute Gasteiger partial charge is 0.323 e. The second-order valence-corrected chi connectivity index (χ2v) is 5.39. The lowest BCUT2D eigenvalue weighted by molar-refractivity contribution is 0.312. The molecule has 3 heterocycles. The van der Waals surface area contributed by atoms with Gasteiger partial charge in [0.2, 0.25) is 11.9 Å². The number of rotatable bonds is 7. The molecule has 0 saturated carbocycles. The number of anilines is 3. The summed E-state index contributed by atoms with van der Waals surface area (Å²) in [4.78, 5) is 20.2. The van der Waals surface area contributed by atoms with Gasteiger partial charge in [0.25, 0.3) is 0 Å². The molecule has 0 aliphatic rings. The summed E-state index contributed by atoms with van der Waals surface area (Å²) in [5.74, 6) is 1.55. The van der Waals surface area contributed by atoms with E-state index in [0.29, 0.717) is 25.0 Å². The Kier molecular flexibility index (Phi) is 4.33. The van der Waals surface area contributed by atoms with E-state index in [0.717, 1.165) is 22.5 Å². The molecule has 0 fully saturated rings. The number of hydrogen-bond donors (Lipinski definition) is 3.